The molecule has 3 aromatic rings. The summed E-state index contributed by atoms with van der Waals surface area (Å²) in [5, 5.41) is 3.94. The molecule has 5 nitrogen and oxygen atoms in total. The Morgan fingerprint density at radius 2 is 1.68 bits per heavy atom. The average Bonchev–Trinajstić information content (AvgIpc) is 3.45. The molecule has 0 aromatic heterocycles. The highest BCUT2D eigenvalue weighted by molar-refractivity contribution is 7.99. The maximum atomic E-state index is 13.8. The molecule has 38 heavy (non-hydrogen) atoms. The molecule has 0 bridgehead atoms. The summed E-state index contributed by atoms with van der Waals surface area (Å²) in [5.74, 6) is 1.54. The monoisotopic (exact) mass is 550 g/mol. The van der Waals surface area contributed by atoms with Gasteiger partial charge in [-0.15, -0.1) is 11.8 Å². The van der Waals surface area contributed by atoms with Gasteiger partial charge in [0.2, 0.25) is 11.8 Å². The number of nitrogens with zero attached hydrogens (tertiary/aromatic N) is 1. The van der Waals surface area contributed by atoms with Gasteiger partial charge in [-0.2, -0.15) is 0 Å². The van der Waals surface area contributed by atoms with Crippen molar-refractivity contribution in [1.29, 1.82) is 0 Å². The maximum Gasteiger partial charge on any atom is 0.243 e. The number of hydrogen-bond donors (Lipinski definition) is 1. The third-order valence-corrected chi connectivity index (χ3v) is 8.11. The molecule has 0 spiro atoms. The van der Waals surface area contributed by atoms with E-state index in [-0.39, 0.29) is 23.6 Å². The van der Waals surface area contributed by atoms with E-state index >= 15 is 0 Å². The molecular formula is C31H35ClN2O3S. The molecule has 4 rings (SSSR count). The van der Waals surface area contributed by atoms with Crippen molar-refractivity contribution in [2.45, 2.75) is 56.5 Å². The Morgan fingerprint density at radius 1 is 0.974 bits per heavy atom. The standard InChI is InChI=1S/C31H35ClN2O3S/c1-37-28-13-7-10-25(18-28)20-34(30(35)22-38-21-24-14-16-26(32)17-15-24)29(19-23-8-3-2-4-9-23)31(36)33-27-11-5-6-12-27/h2-4,7-10,13-18,27,29H,5-6,11-12,19-22H2,1H3,(H,33,36). The molecule has 0 radical (unpaired) electrons. The fourth-order valence-electron chi connectivity index (χ4n) is 4.81. The maximum absolute atomic E-state index is 13.8. The number of methoxy groups -OCH3 is 1. The Balaban J connectivity index is 1.57. The summed E-state index contributed by atoms with van der Waals surface area (Å²) in [4.78, 5) is 29.3. The number of amides is 2. The summed E-state index contributed by atoms with van der Waals surface area (Å²) in [7, 11) is 1.63. The van der Waals surface area contributed by atoms with Crippen molar-refractivity contribution in [3.05, 3.63) is 101 Å². The van der Waals surface area contributed by atoms with Crippen LogP contribution in [0.2, 0.25) is 5.02 Å². The Bertz CT molecular complexity index is 1180. The first kappa shape index (κ1) is 28.1. The Labute approximate surface area is 234 Å². The molecule has 1 N–H and O–H groups in total. The molecule has 1 aliphatic rings. The van der Waals surface area contributed by atoms with Crippen molar-refractivity contribution in [2.75, 3.05) is 12.9 Å². The zero-order valence-electron chi connectivity index (χ0n) is 21.8. The van der Waals surface area contributed by atoms with Gasteiger partial charge in [0.1, 0.15) is 11.8 Å². The van der Waals surface area contributed by atoms with Gasteiger partial charge in [-0.05, 0) is 53.8 Å². The van der Waals surface area contributed by atoms with Crippen molar-refractivity contribution in [2.24, 2.45) is 0 Å². The quantitative estimate of drug-likeness (QED) is 0.288. The van der Waals surface area contributed by atoms with Gasteiger partial charge in [-0.25, -0.2) is 0 Å². The zero-order valence-corrected chi connectivity index (χ0v) is 23.3. The van der Waals surface area contributed by atoms with Crippen LogP contribution in [0.15, 0.2) is 78.9 Å². The number of ether oxygens (including phenoxy) is 1. The number of thioether (sulfide) groups is 1. The second-order valence-electron chi connectivity index (χ2n) is 9.69. The minimum Gasteiger partial charge on any atom is -0.497 e. The Hall–Kier alpha value is -2.96. The lowest BCUT2D eigenvalue weighted by Gasteiger charge is -2.32. The van der Waals surface area contributed by atoms with Crippen LogP contribution in [0, 0.1) is 0 Å². The van der Waals surface area contributed by atoms with Crippen LogP contribution >= 0.6 is 23.4 Å². The fourth-order valence-corrected chi connectivity index (χ4v) is 5.81. The fraction of sp³-hybridized carbons (Fsp3) is 0.355. The Morgan fingerprint density at radius 3 is 2.39 bits per heavy atom. The predicted molar refractivity (Wildman–Crippen MR) is 155 cm³/mol. The van der Waals surface area contributed by atoms with Crippen LogP contribution in [-0.2, 0) is 28.3 Å². The van der Waals surface area contributed by atoms with E-state index in [0.29, 0.717) is 23.7 Å². The van der Waals surface area contributed by atoms with Crippen molar-refractivity contribution >= 4 is 35.2 Å². The average molecular weight is 551 g/mol. The number of nitrogens with one attached hydrogen (secondary N) is 1. The van der Waals surface area contributed by atoms with Gasteiger partial charge < -0.3 is 15.0 Å². The first-order chi connectivity index (χ1) is 18.5. The van der Waals surface area contributed by atoms with Crippen LogP contribution in [-0.4, -0.2) is 41.7 Å². The molecular weight excluding hydrogens is 516 g/mol. The first-order valence-corrected chi connectivity index (χ1v) is 14.6. The highest BCUT2D eigenvalue weighted by atomic mass is 35.5. The highest BCUT2D eigenvalue weighted by Gasteiger charge is 2.32. The lowest BCUT2D eigenvalue weighted by Crippen LogP contribution is -2.52. The van der Waals surface area contributed by atoms with Crippen molar-refractivity contribution in [3.8, 4) is 5.75 Å². The number of benzene rings is 3. The predicted octanol–water partition coefficient (Wildman–Crippen LogP) is 6.28. The van der Waals surface area contributed by atoms with E-state index in [1.807, 2.05) is 78.9 Å². The molecule has 3 aromatic carbocycles. The highest BCUT2D eigenvalue weighted by Crippen LogP contribution is 2.23. The number of rotatable bonds is 12. The second-order valence-corrected chi connectivity index (χ2v) is 11.1. The van der Waals surface area contributed by atoms with Gasteiger partial charge in [0.15, 0.2) is 0 Å². The Kier molecular flexibility index (Phi) is 10.5. The molecule has 1 atom stereocenters. The molecule has 1 aliphatic carbocycles. The molecule has 7 heteroatoms. The molecule has 0 saturated heterocycles. The number of hydrogen-bond acceptors (Lipinski definition) is 4. The normalized spacial score (nSPS) is 14.2. The second kappa shape index (κ2) is 14.3. The van der Waals surface area contributed by atoms with Crippen molar-refractivity contribution < 1.29 is 14.3 Å². The smallest absolute Gasteiger partial charge is 0.243 e. The van der Waals surface area contributed by atoms with Crippen LogP contribution < -0.4 is 10.1 Å². The van der Waals surface area contributed by atoms with Crippen molar-refractivity contribution in [1.82, 2.24) is 10.2 Å². The van der Waals surface area contributed by atoms with E-state index in [1.54, 1.807) is 23.8 Å². The van der Waals surface area contributed by atoms with Crippen LogP contribution in [0.1, 0.15) is 42.4 Å². The lowest BCUT2D eigenvalue weighted by atomic mass is 10.0. The molecule has 0 heterocycles. The van der Waals surface area contributed by atoms with Crippen LogP contribution in [0.3, 0.4) is 0 Å². The van der Waals surface area contributed by atoms with Gasteiger partial charge in [-0.1, -0.05) is 79.0 Å². The molecule has 1 saturated carbocycles. The zero-order chi connectivity index (χ0) is 26.7. The third-order valence-electron chi connectivity index (χ3n) is 6.87. The third kappa shape index (κ3) is 8.27. The van der Waals surface area contributed by atoms with Gasteiger partial charge in [-0.3, -0.25) is 9.59 Å². The lowest BCUT2D eigenvalue weighted by molar-refractivity contribution is -0.139. The van der Waals surface area contributed by atoms with E-state index in [0.717, 1.165) is 48.1 Å². The van der Waals surface area contributed by atoms with E-state index in [9.17, 15) is 9.59 Å². The minimum absolute atomic E-state index is 0.0608. The SMILES string of the molecule is COc1cccc(CN(C(=O)CSCc2ccc(Cl)cc2)C(Cc2ccccc2)C(=O)NC2CCCC2)c1. The van der Waals surface area contributed by atoms with Gasteiger partial charge in [0.05, 0.1) is 12.9 Å². The molecule has 0 aliphatic heterocycles. The topological polar surface area (TPSA) is 58.6 Å². The van der Waals surface area contributed by atoms with E-state index in [1.165, 1.54) is 0 Å². The van der Waals surface area contributed by atoms with E-state index in [4.69, 9.17) is 16.3 Å². The first-order valence-electron chi connectivity index (χ1n) is 13.1. The van der Waals surface area contributed by atoms with E-state index in [2.05, 4.69) is 5.32 Å². The number of halogens is 1. The summed E-state index contributed by atoms with van der Waals surface area (Å²) >= 11 is 7.56. The molecule has 1 unspecified atom stereocenters. The van der Waals surface area contributed by atoms with E-state index < -0.39 is 6.04 Å². The number of carbonyl (C=O) groups is 2. The van der Waals surface area contributed by atoms with Crippen LogP contribution in [0.5, 0.6) is 5.75 Å². The summed E-state index contributed by atoms with van der Waals surface area (Å²) in [6.45, 7) is 0.327. The van der Waals surface area contributed by atoms with Crippen LogP contribution in [0.4, 0.5) is 0 Å². The van der Waals surface area contributed by atoms with Crippen molar-refractivity contribution in [3.63, 3.8) is 0 Å². The summed E-state index contributed by atoms with van der Waals surface area (Å²) in [5.41, 5.74) is 3.05. The summed E-state index contributed by atoms with van der Waals surface area (Å²) < 4.78 is 5.42. The minimum atomic E-state index is -0.618. The molecule has 2 amide bonds. The van der Waals surface area contributed by atoms with Gasteiger partial charge in [0.25, 0.3) is 0 Å². The molecule has 200 valence electrons. The summed E-state index contributed by atoms with van der Waals surface area (Å²) in [6.07, 6.45) is 4.69. The molecule has 1 fully saturated rings. The van der Waals surface area contributed by atoms with Gasteiger partial charge in [0, 0.05) is 29.8 Å². The number of carbonyl (C=O) groups excluding carboxylic acids is 2. The van der Waals surface area contributed by atoms with Gasteiger partial charge >= 0.3 is 0 Å². The largest absolute Gasteiger partial charge is 0.497 e. The van der Waals surface area contributed by atoms with Crippen LogP contribution in [0.25, 0.3) is 0 Å². The summed E-state index contributed by atoms with van der Waals surface area (Å²) in [6, 6.07) is 24.8.